The summed E-state index contributed by atoms with van der Waals surface area (Å²) in [6.45, 7) is 3.88. The molecule has 2 aromatic rings. The van der Waals surface area contributed by atoms with Gasteiger partial charge in [-0.3, -0.25) is 10.1 Å². The SMILES string of the molecule is COc1ccc([N+](=O)[O-])cc1OCc1nnc(C(C)C)o1. The van der Waals surface area contributed by atoms with Crippen LogP contribution in [0.25, 0.3) is 0 Å². The molecule has 0 atom stereocenters. The van der Waals surface area contributed by atoms with Crippen molar-refractivity contribution < 1.29 is 18.8 Å². The lowest BCUT2D eigenvalue weighted by Gasteiger charge is -2.08. The van der Waals surface area contributed by atoms with E-state index in [2.05, 4.69) is 10.2 Å². The van der Waals surface area contributed by atoms with E-state index in [1.807, 2.05) is 13.8 Å². The van der Waals surface area contributed by atoms with E-state index in [0.717, 1.165) is 0 Å². The molecule has 0 aliphatic carbocycles. The van der Waals surface area contributed by atoms with Gasteiger partial charge in [0.25, 0.3) is 11.6 Å². The molecule has 0 saturated heterocycles. The number of hydrogen-bond acceptors (Lipinski definition) is 7. The van der Waals surface area contributed by atoms with Crippen molar-refractivity contribution in [2.75, 3.05) is 7.11 Å². The molecule has 0 aliphatic heterocycles. The second-order valence-electron chi connectivity index (χ2n) is 4.57. The van der Waals surface area contributed by atoms with Crippen LogP contribution in [0.4, 0.5) is 5.69 Å². The highest BCUT2D eigenvalue weighted by Crippen LogP contribution is 2.31. The zero-order valence-corrected chi connectivity index (χ0v) is 11.9. The first-order valence-corrected chi connectivity index (χ1v) is 6.28. The van der Waals surface area contributed by atoms with Crippen LogP contribution in [0.5, 0.6) is 11.5 Å². The minimum absolute atomic E-state index is 0.0112. The van der Waals surface area contributed by atoms with Gasteiger partial charge in [0.2, 0.25) is 5.89 Å². The molecule has 2 rings (SSSR count). The van der Waals surface area contributed by atoms with Crippen LogP contribution < -0.4 is 9.47 Å². The van der Waals surface area contributed by atoms with Crippen LogP contribution in [-0.2, 0) is 6.61 Å². The average molecular weight is 293 g/mol. The summed E-state index contributed by atoms with van der Waals surface area (Å²) in [5.74, 6) is 1.57. The van der Waals surface area contributed by atoms with Crippen LogP contribution in [0.15, 0.2) is 22.6 Å². The van der Waals surface area contributed by atoms with Crippen LogP contribution in [0.3, 0.4) is 0 Å². The van der Waals surface area contributed by atoms with E-state index in [1.54, 1.807) is 0 Å². The standard InChI is InChI=1S/C13H15N3O5/c1-8(2)13-15-14-12(21-13)7-20-11-6-9(16(17)18)4-5-10(11)19-3/h4-6,8H,7H2,1-3H3. The minimum Gasteiger partial charge on any atom is -0.493 e. The van der Waals surface area contributed by atoms with E-state index in [-0.39, 0.29) is 24.0 Å². The number of rotatable bonds is 6. The van der Waals surface area contributed by atoms with Crippen molar-refractivity contribution in [3.05, 3.63) is 40.1 Å². The van der Waals surface area contributed by atoms with Crippen LogP contribution in [0, 0.1) is 10.1 Å². The smallest absolute Gasteiger partial charge is 0.273 e. The van der Waals surface area contributed by atoms with E-state index in [1.165, 1.54) is 25.3 Å². The zero-order chi connectivity index (χ0) is 15.4. The van der Waals surface area contributed by atoms with Gasteiger partial charge in [-0.05, 0) is 6.07 Å². The second-order valence-corrected chi connectivity index (χ2v) is 4.57. The van der Waals surface area contributed by atoms with Crippen LogP contribution in [0.1, 0.15) is 31.5 Å². The van der Waals surface area contributed by atoms with Gasteiger partial charge >= 0.3 is 0 Å². The maximum absolute atomic E-state index is 10.8. The number of benzene rings is 1. The fourth-order valence-electron chi connectivity index (χ4n) is 1.59. The van der Waals surface area contributed by atoms with Gasteiger partial charge in [-0.25, -0.2) is 0 Å². The normalized spacial score (nSPS) is 10.7. The number of methoxy groups -OCH3 is 1. The first-order chi connectivity index (χ1) is 10.0. The molecular formula is C13H15N3O5. The summed E-state index contributed by atoms with van der Waals surface area (Å²) in [4.78, 5) is 10.3. The first kappa shape index (κ1) is 14.8. The number of nitrogens with zero attached hydrogens (tertiary/aromatic N) is 3. The third kappa shape index (κ3) is 3.47. The molecule has 0 unspecified atom stereocenters. The Hall–Kier alpha value is -2.64. The fraction of sp³-hybridized carbons (Fsp3) is 0.385. The highest BCUT2D eigenvalue weighted by Gasteiger charge is 2.15. The van der Waals surface area contributed by atoms with E-state index in [0.29, 0.717) is 17.5 Å². The Balaban J connectivity index is 2.14. The topological polar surface area (TPSA) is 101 Å². The minimum atomic E-state index is -0.504. The highest BCUT2D eigenvalue weighted by atomic mass is 16.6. The zero-order valence-electron chi connectivity index (χ0n) is 11.9. The summed E-state index contributed by atoms with van der Waals surface area (Å²) < 4.78 is 16.0. The third-order valence-electron chi connectivity index (χ3n) is 2.69. The Bertz CT molecular complexity index is 638. The maximum Gasteiger partial charge on any atom is 0.273 e. The molecule has 0 saturated carbocycles. The molecule has 1 aromatic carbocycles. The largest absolute Gasteiger partial charge is 0.493 e. The number of aromatic nitrogens is 2. The summed E-state index contributed by atoms with van der Waals surface area (Å²) >= 11 is 0. The van der Waals surface area contributed by atoms with E-state index in [4.69, 9.17) is 13.9 Å². The van der Waals surface area contributed by atoms with Crippen molar-refractivity contribution >= 4 is 5.69 Å². The number of hydrogen-bond donors (Lipinski definition) is 0. The van der Waals surface area contributed by atoms with Gasteiger partial charge in [-0.1, -0.05) is 13.8 Å². The molecule has 0 N–H and O–H groups in total. The summed E-state index contributed by atoms with van der Waals surface area (Å²) in [6, 6.07) is 4.11. The molecule has 8 nitrogen and oxygen atoms in total. The molecule has 0 amide bonds. The van der Waals surface area contributed by atoms with Crippen molar-refractivity contribution in [1.82, 2.24) is 10.2 Å². The molecule has 1 heterocycles. The van der Waals surface area contributed by atoms with Gasteiger partial charge in [0.1, 0.15) is 0 Å². The van der Waals surface area contributed by atoms with Gasteiger partial charge in [0.05, 0.1) is 18.1 Å². The molecule has 0 radical (unpaired) electrons. The van der Waals surface area contributed by atoms with Gasteiger partial charge in [-0.15, -0.1) is 10.2 Å². The number of nitro groups is 1. The monoisotopic (exact) mass is 293 g/mol. The molecule has 0 spiro atoms. The molecule has 0 fully saturated rings. The Kier molecular flexibility index (Phi) is 4.36. The van der Waals surface area contributed by atoms with Crippen LogP contribution in [0.2, 0.25) is 0 Å². The Labute approximate surface area is 120 Å². The van der Waals surface area contributed by atoms with Crippen molar-refractivity contribution in [2.24, 2.45) is 0 Å². The Morgan fingerprint density at radius 3 is 2.67 bits per heavy atom. The highest BCUT2D eigenvalue weighted by molar-refractivity contribution is 5.48. The van der Waals surface area contributed by atoms with Crippen molar-refractivity contribution in [2.45, 2.75) is 26.4 Å². The molecule has 112 valence electrons. The number of ether oxygens (including phenoxy) is 2. The van der Waals surface area contributed by atoms with Gasteiger partial charge in [-0.2, -0.15) is 0 Å². The predicted molar refractivity (Wildman–Crippen MR) is 72.4 cm³/mol. The average Bonchev–Trinajstić information content (AvgIpc) is 2.93. The maximum atomic E-state index is 10.8. The van der Waals surface area contributed by atoms with Crippen LogP contribution in [-0.4, -0.2) is 22.2 Å². The number of nitro benzene ring substituents is 1. The molecule has 0 aliphatic rings. The van der Waals surface area contributed by atoms with E-state index in [9.17, 15) is 10.1 Å². The van der Waals surface area contributed by atoms with Crippen molar-refractivity contribution in [3.63, 3.8) is 0 Å². The van der Waals surface area contributed by atoms with Gasteiger partial charge in [0.15, 0.2) is 18.1 Å². The van der Waals surface area contributed by atoms with E-state index >= 15 is 0 Å². The van der Waals surface area contributed by atoms with Gasteiger partial charge < -0.3 is 13.9 Å². The second kappa shape index (κ2) is 6.21. The van der Waals surface area contributed by atoms with Gasteiger partial charge in [0, 0.05) is 12.0 Å². The lowest BCUT2D eigenvalue weighted by Crippen LogP contribution is -1.99. The Morgan fingerprint density at radius 2 is 2.10 bits per heavy atom. The molecular weight excluding hydrogens is 278 g/mol. The summed E-state index contributed by atoms with van der Waals surface area (Å²) in [7, 11) is 1.46. The molecule has 8 heteroatoms. The molecule has 0 bridgehead atoms. The summed E-state index contributed by atoms with van der Waals surface area (Å²) in [6.07, 6.45) is 0. The number of non-ortho nitro benzene ring substituents is 1. The van der Waals surface area contributed by atoms with Crippen LogP contribution >= 0.6 is 0 Å². The molecule has 1 aromatic heterocycles. The predicted octanol–water partition coefficient (Wildman–Crippen LogP) is 2.69. The van der Waals surface area contributed by atoms with Crippen molar-refractivity contribution in [3.8, 4) is 11.5 Å². The quantitative estimate of drug-likeness (QED) is 0.596. The summed E-state index contributed by atoms with van der Waals surface area (Å²) in [5, 5.41) is 18.5. The lowest BCUT2D eigenvalue weighted by molar-refractivity contribution is -0.385. The lowest BCUT2D eigenvalue weighted by atomic mass is 10.2. The Morgan fingerprint density at radius 1 is 1.33 bits per heavy atom. The van der Waals surface area contributed by atoms with Crippen molar-refractivity contribution in [1.29, 1.82) is 0 Å². The first-order valence-electron chi connectivity index (χ1n) is 6.28. The fourth-order valence-corrected chi connectivity index (χ4v) is 1.59. The van der Waals surface area contributed by atoms with E-state index < -0.39 is 4.92 Å². The summed E-state index contributed by atoms with van der Waals surface area (Å²) in [5.41, 5.74) is -0.0841. The molecule has 21 heavy (non-hydrogen) atoms. The third-order valence-corrected chi connectivity index (χ3v) is 2.69.